The summed E-state index contributed by atoms with van der Waals surface area (Å²) in [7, 11) is -3.10. The third kappa shape index (κ3) is 5.39. The fraction of sp³-hybridized carbons (Fsp3) is 0.600. The highest BCUT2D eigenvalue weighted by molar-refractivity contribution is 7.89. The van der Waals surface area contributed by atoms with E-state index in [-0.39, 0.29) is 23.3 Å². The van der Waals surface area contributed by atoms with Crippen molar-refractivity contribution >= 4 is 42.9 Å². The van der Waals surface area contributed by atoms with Gasteiger partial charge in [-0.05, 0) is 80.5 Å². The molecule has 2 saturated carbocycles. The van der Waals surface area contributed by atoms with Crippen molar-refractivity contribution in [2.24, 2.45) is 16.2 Å². The number of rotatable bonds is 8. The standard InChI is InChI=1S/C40H51N5O8S2/c1-25(2)54(48,49)44-20-38-18-43(19-39(38,21-44)24-53-23-38)37(47)40-17-32(40)31-16-28(52-5)12-14-29(31)35-34(26-9-7-6-8-10-26)30-13-11-27(15-33(30)45(35)22-40)36(46)41-55(50,51)42(3)4/h11-16,25-26,32H,6-10,17-24H2,1-5H3,(H,41,46)/t32-,38?,39?,40-/m0/s1. The molecule has 296 valence electrons. The van der Waals surface area contributed by atoms with Crippen molar-refractivity contribution in [2.75, 3.05) is 60.6 Å². The second kappa shape index (κ2) is 12.5. The highest BCUT2D eigenvalue weighted by Gasteiger charge is 2.71. The molecule has 4 aliphatic heterocycles. The third-order valence-corrected chi connectivity index (χ3v) is 17.6. The van der Waals surface area contributed by atoms with Gasteiger partial charge in [0.25, 0.3) is 5.91 Å². The minimum Gasteiger partial charge on any atom is -0.497 e. The molecule has 13 nitrogen and oxygen atoms in total. The number of nitrogens with zero attached hydrogens (tertiary/aromatic N) is 4. The number of nitrogens with one attached hydrogen (secondary N) is 1. The number of sulfonamides is 1. The summed E-state index contributed by atoms with van der Waals surface area (Å²) in [5.41, 5.74) is 3.75. The van der Waals surface area contributed by atoms with Crippen molar-refractivity contribution in [3.63, 3.8) is 0 Å². The van der Waals surface area contributed by atoms with Crippen LogP contribution in [0.3, 0.4) is 0 Å². The van der Waals surface area contributed by atoms with Gasteiger partial charge in [-0.15, -0.1) is 0 Å². The summed E-state index contributed by atoms with van der Waals surface area (Å²) in [6, 6.07) is 11.6. The highest BCUT2D eigenvalue weighted by Crippen LogP contribution is 2.67. The van der Waals surface area contributed by atoms with E-state index in [4.69, 9.17) is 9.47 Å². The van der Waals surface area contributed by atoms with E-state index in [1.165, 1.54) is 26.1 Å². The third-order valence-electron chi connectivity index (χ3n) is 14.0. The second-order valence-corrected chi connectivity index (χ2v) is 22.0. The lowest BCUT2D eigenvalue weighted by molar-refractivity contribution is -0.138. The van der Waals surface area contributed by atoms with E-state index < -0.39 is 47.6 Å². The molecule has 2 aromatic carbocycles. The lowest BCUT2D eigenvalue weighted by Gasteiger charge is -2.30. The molecule has 5 fully saturated rings. The van der Waals surface area contributed by atoms with Crippen molar-refractivity contribution < 1.29 is 35.9 Å². The smallest absolute Gasteiger partial charge is 0.303 e. The van der Waals surface area contributed by atoms with E-state index in [2.05, 4.69) is 21.4 Å². The van der Waals surface area contributed by atoms with Crippen LogP contribution in [-0.2, 0) is 36.3 Å². The van der Waals surface area contributed by atoms with Gasteiger partial charge >= 0.3 is 10.2 Å². The fourth-order valence-electron chi connectivity index (χ4n) is 10.8. The van der Waals surface area contributed by atoms with Crippen LogP contribution < -0.4 is 9.46 Å². The maximum absolute atomic E-state index is 15.3. The largest absolute Gasteiger partial charge is 0.497 e. The Labute approximate surface area is 323 Å². The van der Waals surface area contributed by atoms with Crippen LogP contribution in [0.4, 0.5) is 0 Å². The van der Waals surface area contributed by atoms with Gasteiger partial charge in [-0.1, -0.05) is 25.3 Å². The maximum Gasteiger partial charge on any atom is 0.303 e. The van der Waals surface area contributed by atoms with E-state index in [0.717, 1.165) is 63.5 Å². The second-order valence-electron chi connectivity index (χ2n) is 17.6. The van der Waals surface area contributed by atoms with E-state index in [0.29, 0.717) is 52.4 Å². The lowest BCUT2D eigenvalue weighted by atomic mass is 9.71. The van der Waals surface area contributed by atoms with Crippen LogP contribution in [0.1, 0.15) is 85.7 Å². The van der Waals surface area contributed by atoms with Crippen LogP contribution in [-0.4, -0.2) is 113 Å². The van der Waals surface area contributed by atoms with Crippen molar-refractivity contribution in [1.82, 2.24) is 22.8 Å². The number of carbonyl (C=O) groups excluding carboxylic acids is 2. The zero-order valence-corrected chi connectivity index (χ0v) is 33.9. The minimum atomic E-state index is -4.02. The molecule has 1 aromatic heterocycles. The Balaban J connectivity index is 1.16. The average molecular weight is 794 g/mol. The van der Waals surface area contributed by atoms with Gasteiger partial charge in [-0.3, -0.25) is 9.59 Å². The molecule has 55 heavy (non-hydrogen) atoms. The Morgan fingerprint density at radius 1 is 0.927 bits per heavy atom. The van der Waals surface area contributed by atoms with Crippen molar-refractivity contribution in [3.05, 3.63) is 53.1 Å². The molecule has 0 spiro atoms. The fourth-order valence-corrected chi connectivity index (χ4v) is 12.8. The van der Waals surface area contributed by atoms with Crippen LogP contribution in [0.5, 0.6) is 5.75 Å². The number of methoxy groups -OCH3 is 1. The first-order valence-corrected chi connectivity index (χ1v) is 22.5. The molecule has 0 radical (unpaired) electrons. The summed E-state index contributed by atoms with van der Waals surface area (Å²) in [5.74, 6) is 0.296. The number of hydrogen-bond donors (Lipinski definition) is 1. The monoisotopic (exact) mass is 793 g/mol. The number of amides is 2. The highest BCUT2D eigenvalue weighted by atomic mass is 32.2. The molecule has 5 heterocycles. The molecule has 2 amide bonds. The van der Waals surface area contributed by atoms with E-state index >= 15 is 4.79 Å². The Hall–Kier alpha value is -3.50. The van der Waals surface area contributed by atoms with Crippen LogP contribution in [0.25, 0.3) is 22.2 Å². The summed E-state index contributed by atoms with van der Waals surface area (Å²) in [5, 5.41) is 0.490. The van der Waals surface area contributed by atoms with Crippen molar-refractivity contribution in [2.45, 2.75) is 76.0 Å². The van der Waals surface area contributed by atoms with Crippen LogP contribution in [0.15, 0.2) is 36.4 Å². The van der Waals surface area contributed by atoms with Gasteiger partial charge in [0.15, 0.2) is 0 Å². The zero-order chi connectivity index (χ0) is 38.9. The first-order valence-electron chi connectivity index (χ1n) is 19.5. The molecule has 1 N–H and O–H groups in total. The zero-order valence-electron chi connectivity index (χ0n) is 32.3. The molecule has 0 bridgehead atoms. The Kier molecular flexibility index (Phi) is 8.43. The molecular weight excluding hydrogens is 743 g/mol. The lowest BCUT2D eigenvalue weighted by Crippen LogP contribution is -2.45. The van der Waals surface area contributed by atoms with Crippen LogP contribution in [0, 0.1) is 16.2 Å². The van der Waals surface area contributed by atoms with Gasteiger partial charge in [0.1, 0.15) is 5.75 Å². The number of hydrogen-bond acceptors (Lipinski definition) is 8. The van der Waals surface area contributed by atoms with Gasteiger partial charge in [-0.25, -0.2) is 17.4 Å². The van der Waals surface area contributed by atoms with E-state index in [1.807, 2.05) is 17.0 Å². The molecule has 9 rings (SSSR count). The molecule has 3 aromatic rings. The van der Waals surface area contributed by atoms with Gasteiger partial charge in [0, 0.05) is 85.6 Å². The van der Waals surface area contributed by atoms with Gasteiger partial charge in [-0.2, -0.15) is 12.7 Å². The summed E-state index contributed by atoms with van der Waals surface area (Å²) in [6.45, 7) is 6.23. The van der Waals surface area contributed by atoms with Gasteiger partial charge < -0.3 is 18.9 Å². The topological polar surface area (TPSA) is 148 Å². The number of likely N-dealkylation sites (tertiary alicyclic amines) is 1. The maximum atomic E-state index is 15.3. The molecular formula is C40H51N5O8S2. The summed E-state index contributed by atoms with van der Waals surface area (Å²) < 4.78 is 70.9. The minimum absolute atomic E-state index is 0.0690. The first-order chi connectivity index (χ1) is 26.1. The molecule has 15 heteroatoms. The van der Waals surface area contributed by atoms with Gasteiger partial charge in [0.2, 0.25) is 15.9 Å². The summed E-state index contributed by atoms with van der Waals surface area (Å²) in [4.78, 5) is 30.9. The number of benzene rings is 2. The van der Waals surface area contributed by atoms with Crippen LogP contribution in [0.2, 0.25) is 0 Å². The van der Waals surface area contributed by atoms with Crippen molar-refractivity contribution in [3.8, 4) is 17.0 Å². The predicted molar refractivity (Wildman–Crippen MR) is 208 cm³/mol. The Bertz CT molecular complexity index is 2330. The molecule has 6 aliphatic rings. The number of aromatic nitrogens is 1. The first kappa shape index (κ1) is 37.1. The van der Waals surface area contributed by atoms with Gasteiger partial charge in [0.05, 0.1) is 36.7 Å². The van der Waals surface area contributed by atoms with Crippen molar-refractivity contribution in [1.29, 1.82) is 0 Å². The number of ether oxygens (including phenoxy) is 2. The molecule has 4 atom stereocenters. The summed E-state index contributed by atoms with van der Waals surface area (Å²) in [6.07, 6.45) is 6.16. The van der Waals surface area contributed by atoms with E-state index in [9.17, 15) is 21.6 Å². The Morgan fingerprint density at radius 2 is 1.62 bits per heavy atom. The number of fused-ring (bicyclic) bond motifs is 7. The molecule has 2 aliphatic carbocycles. The SMILES string of the molecule is COc1ccc2c(c1)[C@@H]1C[C@]1(C(=O)N1CC34COCC3(C1)CN(S(=O)(=O)C(C)C)C4)Cn1c-2c(C2CCCCC2)c2ccc(C(=O)NS(=O)(=O)N(C)C)cc21. The summed E-state index contributed by atoms with van der Waals surface area (Å²) >= 11 is 0. The Morgan fingerprint density at radius 3 is 2.25 bits per heavy atom. The normalized spacial score (nSPS) is 29.1. The van der Waals surface area contributed by atoms with E-state index in [1.54, 1.807) is 37.4 Å². The predicted octanol–water partition coefficient (Wildman–Crippen LogP) is 4.29. The number of carbonyl (C=O) groups is 2. The molecule has 2 unspecified atom stereocenters. The van der Waals surface area contributed by atoms with Crippen LogP contribution >= 0.6 is 0 Å². The average Bonchev–Trinajstić information content (AvgIpc) is 3.33. The quantitative estimate of drug-likeness (QED) is 0.356. The molecule has 3 saturated heterocycles.